The quantitative estimate of drug-likeness (QED) is 0.271. The van der Waals surface area contributed by atoms with E-state index >= 15 is 0 Å². The summed E-state index contributed by atoms with van der Waals surface area (Å²) >= 11 is 5.53. The number of aliphatic hydroxyl groups excluding tert-OH is 1. The maximum absolute atomic E-state index is 10.6. The normalized spacial score (nSPS) is 17.9. The molecule has 4 nitrogen and oxygen atoms in total. The number of likely N-dealkylation sites (tertiary alicyclic amines) is 1. The lowest BCUT2D eigenvalue weighted by Gasteiger charge is -2.24. The standard InChI is InChI=1S/C24H35NO3S/c1-2-8-19-9-7-10-20(17-19)18-22(26)14-12-21-13-15-23(29)25(21)16-6-4-3-5-11-24(27)28/h7,9-10,12,14,17,21-22,26H,2-6,8,11,13,15-16,18H2,1H3,(H,27,28)/b14-12+/t21-,22+/m0/s1. The molecule has 0 spiro atoms. The second-order valence-corrected chi connectivity index (χ2v) is 8.45. The highest BCUT2D eigenvalue weighted by Gasteiger charge is 2.25. The van der Waals surface area contributed by atoms with Crippen LogP contribution in [-0.2, 0) is 17.6 Å². The summed E-state index contributed by atoms with van der Waals surface area (Å²) in [5.74, 6) is -0.716. The van der Waals surface area contributed by atoms with E-state index in [1.54, 1.807) is 0 Å². The lowest BCUT2D eigenvalue weighted by molar-refractivity contribution is -0.137. The van der Waals surface area contributed by atoms with Gasteiger partial charge in [0.1, 0.15) is 0 Å². The minimum atomic E-state index is -0.716. The van der Waals surface area contributed by atoms with Crippen molar-refractivity contribution in [2.75, 3.05) is 6.54 Å². The van der Waals surface area contributed by atoms with Crippen LogP contribution in [0.15, 0.2) is 36.4 Å². The molecule has 1 aliphatic rings. The van der Waals surface area contributed by atoms with Crippen molar-refractivity contribution in [1.29, 1.82) is 0 Å². The van der Waals surface area contributed by atoms with Gasteiger partial charge < -0.3 is 15.1 Å². The molecule has 5 heteroatoms. The van der Waals surface area contributed by atoms with E-state index in [0.717, 1.165) is 62.9 Å². The zero-order chi connectivity index (χ0) is 21.1. The van der Waals surface area contributed by atoms with Crippen molar-refractivity contribution in [2.24, 2.45) is 0 Å². The molecule has 0 aliphatic carbocycles. The Bertz CT molecular complexity index is 688. The van der Waals surface area contributed by atoms with Crippen LogP contribution >= 0.6 is 12.2 Å². The Hall–Kier alpha value is -1.72. The van der Waals surface area contributed by atoms with Gasteiger partial charge in [0, 0.05) is 31.8 Å². The molecule has 1 heterocycles. The van der Waals surface area contributed by atoms with Crippen LogP contribution in [0.1, 0.15) is 69.4 Å². The summed E-state index contributed by atoms with van der Waals surface area (Å²) < 4.78 is 0. The molecule has 0 unspecified atom stereocenters. The minimum absolute atomic E-state index is 0.257. The van der Waals surface area contributed by atoms with Crippen molar-refractivity contribution < 1.29 is 15.0 Å². The van der Waals surface area contributed by atoms with Crippen LogP contribution in [0.25, 0.3) is 0 Å². The minimum Gasteiger partial charge on any atom is -0.481 e. The Balaban J connectivity index is 1.79. The second-order valence-electron chi connectivity index (χ2n) is 7.98. The molecule has 1 fully saturated rings. The molecular weight excluding hydrogens is 382 g/mol. The van der Waals surface area contributed by atoms with E-state index in [4.69, 9.17) is 17.3 Å². The van der Waals surface area contributed by atoms with Gasteiger partial charge in [0.05, 0.1) is 11.1 Å². The third-order valence-corrected chi connectivity index (χ3v) is 5.88. The van der Waals surface area contributed by atoms with Crippen molar-refractivity contribution in [3.63, 3.8) is 0 Å². The van der Waals surface area contributed by atoms with Crippen molar-refractivity contribution in [2.45, 2.75) is 83.3 Å². The molecule has 1 aromatic rings. The number of carbonyl (C=O) groups is 1. The number of thiocarbonyl (C=S) groups is 1. The van der Waals surface area contributed by atoms with Crippen molar-refractivity contribution in [1.82, 2.24) is 4.90 Å². The number of nitrogens with zero attached hydrogens (tertiary/aromatic N) is 1. The van der Waals surface area contributed by atoms with E-state index in [0.29, 0.717) is 6.42 Å². The van der Waals surface area contributed by atoms with Gasteiger partial charge in [-0.2, -0.15) is 0 Å². The van der Waals surface area contributed by atoms with Gasteiger partial charge in [-0.3, -0.25) is 4.79 Å². The van der Waals surface area contributed by atoms with Gasteiger partial charge in [-0.25, -0.2) is 0 Å². The topological polar surface area (TPSA) is 60.8 Å². The molecular formula is C24H35NO3S. The van der Waals surface area contributed by atoms with Crippen LogP contribution in [0.5, 0.6) is 0 Å². The Kier molecular flexibility index (Phi) is 10.4. The highest BCUT2D eigenvalue weighted by Crippen LogP contribution is 2.22. The number of aliphatic carboxylic acids is 1. The van der Waals surface area contributed by atoms with E-state index in [9.17, 15) is 9.90 Å². The van der Waals surface area contributed by atoms with E-state index in [1.807, 2.05) is 6.08 Å². The molecule has 1 aliphatic heterocycles. The first-order valence-corrected chi connectivity index (χ1v) is 11.4. The maximum atomic E-state index is 10.6. The molecule has 29 heavy (non-hydrogen) atoms. The molecule has 160 valence electrons. The van der Waals surface area contributed by atoms with E-state index in [-0.39, 0.29) is 12.5 Å². The summed E-state index contributed by atoms with van der Waals surface area (Å²) in [6, 6.07) is 8.76. The van der Waals surface area contributed by atoms with Crippen LogP contribution < -0.4 is 0 Å². The Labute approximate surface area is 180 Å². The summed E-state index contributed by atoms with van der Waals surface area (Å²) in [5.41, 5.74) is 2.50. The SMILES string of the molecule is CCCc1cccc(C[C@H](O)/C=C/[C@H]2CCC(=S)N2CCCCCCC(=O)O)c1. The average molecular weight is 418 g/mol. The van der Waals surface area contributed by atoms with Gasteiger partial charge in [0.25, 0.3) is 0 Å². The molecule has 1 aromatic carbocycles. The Morgan fingerprint density at radius 1 is 1.28 bits per heavy atom. The molecule has 0 radical (unpaired) electrons. The highest BCUT2D eigenvalue weighted by atomic mass is 32.1. The average Bonchev–Trinajstić information content (AvgIpc) is 3.03. The summed E-state index contributed by atoms with van der Waals surface area (Å²) in [6.07, 6.45) is 12.3. The summed E-state index contributed by atoms with van der Waals surface area (Å²) in [5, 5.41) is 19.2. The molecule has 2 rings (SSSR count). The van der Waals surface area contributed by atoms with Gasteiger partial charge in [-0.15, -0.1) is 0 Å². The number of carboxylic acids is 1. The number of hydrogen-bond donors (Lipinski definition) is 2. The number of unbranched alkanes of at least 4 members (excludes halogenated alkanes) is 3. The van der Waals surface area contributed by atoms with Crippen LogP contribution in [0.4, 0.5) is 0 Å². The Morgan fingerprint density at radius 3 is 2.79 bits per heavy atom. The third-order valence-electron chi connectivity index (χ3n) is 5.44. The molecule has 0 amide bonds. The number of benzene rings is 1. The van der Waals surface area contributed by atoms with Crippen LogP contribution in [0.2, 0.25) is 0 Å². The zero-order valence-corrected chi connectivity index (χ0v) is 18.4. The first-order valence-electron chi connectivity index (χ1n) is 10.9. The zero-order valence-electron chi connectivity index (χ0n) is 17.6. The fraction of sp³-hybridized carbons (Fsp3) is 0.583. The second kappa shape index (κ2) is 12.8. The largest absolute Gasteiger partial charge is 0.481 e. The van der Waals surface area contributed by atoms with Gasteiger partial charge in [0.2, 0.25) is 0 Å². The fourth-order valence-corrected chi connectivity index (χ4v) is 4.27. The smallest absolute Gasteiger partial charge is 0.303 e. The van der Waals surface area contributed by atoms with Gasteiger partial charge in [0.15, 0.2) is 0 Å². The van der Waals surface area contributed by atoms with Gasteiger partial charge in [-0.05, 0) is 36.8 Å². The number of carboxylic acid groups (broad SMARTS) is 1. The number of rotatable bonds is 13. The van der Waals surface area contributed by atoms with Crippen molar-refractivity contribution in [3.8, 4) is 0 Å². The van der Waals surface area contributed by atoms with Crippen molar-refractivity contribution >= 4 is 23.2 Å². The van der Waals surface area contributed by atoms with E-state index in [1.165, 1.54) is 11.1 Å². The van der Waals surface area contributed by atoms with E-state index < -0.39 is 12.1 Å². The van der Waals surface area contributed by atoms with Crippen LogP contribution in [0, 0.1) is 0 Å². The summed E-state index contributed by atoms with van der Waals surface area (Å²) in [6.45, 7) is 3.09. The number of aryl methyl sites for hydroxylation is 1. The predicted molar refractivity (Wildman–Crippen MR) is 122 cm³/mol. The molecule has 2 N–H and O–H groups in total. The van der Waals surface area contributed by atoms with Crippen molar-refractivity contribution in [3.05, 3.63) is 47.5 Å². The monoisotopic (exact) mass is 417 g/mol. The fourth-order valence-electron chi connectivity index (χ4n) is 3.93. The summed E-state index contributed by atoms with van der Waals surface area (Å²) in [7, 11) is 0. The van der Waals surface area contributed by atoms with Gasteiger partial charge in [-0.1, -0.05) is 74.8 Å². The Morgan fingerprint density at radius 2 is 2.03 bits per heavy atom. The predicted octanol–water partition coefficient (Wildman–Crippen LogP) is 4.93. The molecule has 0 aromatic heterocycles. The summed E-state index contributed by atoms with van der Waals surface area (Å²) in [4.78, 5) is 13.8. The van der Waals surface area contributed by atoms with Crippen LogP contribution in [-0.4, -0.2) is 44.8 Å². The highest BCUT2D eigenvalue weighted by molar-refractivity contribution is 7.80. The van der Waals surface area contributed by atoms with Gasteiger partial charge >= 0.3 is 5.97 Å². The van der Waals surface area contributed by atoms with E-state index in [2.05, 4.69) is 42.2 Å². The number of hydrogen-bond acceptors (Lipinski definition) is 3. The first kappa shape index (κ1) is 23.6. The molecule has 0 bridgehead atoms. The molecule has 1 saturated heterocycles. The lowest BCUT2D eigenvalue weighted by atomic mass is 10.0. The lowest BCUT2D eigenvalue weighted by Crippen LogP contribution is -2.32. The maximum Gasteiger partial charge on any atom is 0.303 e. The molecule has 0 saturated carbocycles. The molecule has 2 atom stereocenters. The third kappa shape index (κ3) is 8.67. The number of aliphatic hydroxyl groups is 1. The van der Waals surface area contributed by atoms with Crippen LogP contribution in [0.3, 0.4) is 0 Å². The first-order chi connectivity index (χ1) is 14.0.